The maximum atomic E-state index is 12.1. The Morgan fingerprint density at radius 2 is 1.92 bits per heavy atom. The number of amides is 1. The number of carbonyl (C=O) groups is 1. The molecule has 0 unspecified atom stereocenters. The SMILES string of the molecule is O=C(Cc1ccc(-n2cccn2)cc1)NCc1cc2ccccc2o1. The van der Waals surface area contributed by atoms with Crippen LogP contribution in [-0.2, 0) is 17.8 Å². The molecule has 0 aliphatic carbocycles. The van der Waals surface area contributed by atoms with E-state index in [9.17, 15) is 4.79 Å². The first-order chi connectivity index (χ1) is 12.3. The molecular weight excluding hydrogens is 314 g/mol. The molecule has 0 spiro atoms. The first-order valence-electron chi connectivity index (χ1n) is 8.11. The summed E-state index contributed by atoms with van der Waals surface area (Å²) >= 11 is 0. The molecule has 0 aliphatic rings. The molecule has 1 N–H and O–H groups in total. The first kappa shape index (κ1) is 15.2. The number of nitrogens with zero attached hydrogens (tertiary/aromatic N) is 2. The monoisotopic (exact) mass is 331 g/mol. The van der Waals surface area contributed by atoms with Crippen LogP contribution in [0.15, 0.2) is 77.5 Å². The molecule has 0 saturated heterocycles. The van der Waals surface area contributed by atoms with Crippen molar-refractivity contribution >= 4 is 16.9 Å². The van der Waals surface area contributed by atoms with Gasteiger partial charge in [0.25, 0.3) is 0 Å². The van der Waals surface area contributed by atoms with Crippen LogP contribution in [-0.4, -0.2) is 15.7 Å². The van der Waals surface area contributed by atoms with Gasteiger partial charge in [-0.3, -0.25) is 4.79 Å². The maximum Gasteiger partial charge on any atom is 0.224 e. The van der Waals surface area contributed by atoms with E-state index >= 15 is 0 Å². The molecule has 2 heterocycles. The quantitative estimate of drug-likeness (QED) is 0.609. The average molecular weight is 331 g/mol. The van der Waals surface area contributed by atoms with Crippen molar-refractivity contribution < 1.29 is 9.21 Å². The van der Waals surface area contributed by atoms with Crippen molar-refractivity contribution in [2.24, 2.45) is 0 Å². The lowest BCUT2D eigenvalue weighted by atomic mass is 10.1. The number of hydrogen-bond donors (Lipinski definition) is 1. The number of fused-ring (bicyclic) bond motifs is 1. The summed E-state index contributed by atoms with van der Waals surface area (Å²) in [5.41, 5.74) is 2.76. The highest BCUT2D eigenvalue weighted by molar-refractivity contribution is 5.79. The fourth-order valence-electron chi connectivity index (χ4n) is 2.75. The van der Waals surface area contributed by atoms with Crippen LogP contribution in [0.25, 0.3) is 16.7 Å². The highest BCUT2D eigenvalue weighted by Crippen LogP contribution is 2.18. The molecule has 2 aromatic carbocycles. The van der Waals surface area contributed by atoms with Gasteiger partial charge in [-0.2, -0.15) is 5.10 Å². The van der Waals surface area contributed by atoms with Crippen molar-refractivity contribution in [2.45, 2.75) is 13.0 Å². The Kier molecular flexibility index (Phi) is 4.04. The number of benzene rings is 2. The van der Waals surface area contributed by atoms with Crippen molar-refractivity contribution in [1.82, 2.24) is 15.1 Å². The zero-order valence-electron chi connectivity index (χ0n) is 13.6. The third kappa shape index (κ3) is 3.45. The van der Waals surface area contributed by atoms with Crippen molar-refractivity contribution in [3.63, 3.8) is 0 Å². The van der Waals surface area contributed by atoms with Crippen molar-refractivity contribution in [3.8, 4) is 5.69 Å². The van der Waals surface area contributed by atoms with Gasteiger partial charge in [0.05, 0.1) is 18.7 Å². The van der Waals surface area contributed by atoms with Gasteiger partial charge < -0.3 is 9.73 Å². The standard InChI is InChI=1S/C20H17N3O2/c24-20(21-14-18-13-16-4-1-2-5-19(16)25-18)12-15-6-8-17(9-7-15)23-11-3-10-22-23/h1-11,13H,12,14H2,(H,21,24). The molecule has 1 amide bonds. The summed E-state index contributed by atoms with van der Waals surface area (Å²) in [4.78, 5) is 12.1. The molecule has 4 rings (SSSR count). The predicted molar refractivity (Wildman–Crippen MR) is 95.3 cm³/mol. The minimum atomic E-state index is -0.0349. The van der Waals surface area contributed by atoms with Crippen molar-refractivity contribution in [3.05, 3.63) is 84.4 Å². The van der Waals surface area contributed by atoms with Crippen LogP contribution in [0.5, 0.6) is 0 Å². The van der Waals surface area contributed by atoms with E-state index in [2.05, 4.69) is 10.4 Å². The van der Waals surface area contributed by atoms with Gasteiger partial charge in [0.2, 0.25) is 5.91 Å². The summed E-state index contributed by atoms with van der Waals surface area (Å²) in [6.45, 7) is 0.388. The lowest BCUT2D eigenvalue weighted by molar-refractivity contribution is -0.120. The van der Waals surface area contributed by atoms with Crippen LogP contribution in [0.3, 0.4) is 0 Å². The number of hydrogen-bond acceptors (Lipinski definition) is 3. The van der Waals surface area contributed by atoms with E-state index in [0.717, 1.165) is 28.0 Å². The Balaban J connectivity index is 1.35. The van der Waals surface area contributed by atoms with Gasteiger partial charge in [-0.25, -0.2) is 4.68 Å². The molecule has 0 bridgehead atoms. The fourth-order valence-corrected chi connectivity index (χ4v) is 2.75. The van der Waals surface area contributed by atoms with E-state index in [1.54, 1.807) is 10.9 Å². The van der Waals surface area contributed by atoms with Crippen LogP contribution in [0, 0.1) is 0 Å². The normalized spacial score (nSPS) is 10.9. The molecule has 2 aromatic heterocycles. The molecule has 0 fully saturated rings. The molecule has 0 atom stereocenters. The summed E-state index contributed by atoms with van der Waals surface area (Å²) in [5, 5.41) is 8.13. The number of carbonyl (C=O) groups excluding carboxylic acids is 1. The zero-order chi connectivity index (χ0) is 17.1. The molecular formula is C20H17N3O2. The Labute approximate surface area is 144 Å². The second-order valence-corrected chi connectivity index (χ2v) is 5.82. The summed E-state index contributed by atoms with van der Waals surface area (Å²) in [6.07, 6.45) is 3.95. The van der Waals surface area contributed by atoms with Gasteiger partial charge in [0, 0.05) is 17.8 Å². The van der Waals surface area contributed by atoms with Gasteiger partial charge in [0.1, 0.15) is 11.3 Å². The average Bonchev–Trinajstić information content (AvgIpc) is 3.30. The van der Waals surface area contributed by atoms with Gasteiger partial charge in [-0.1, -0.05) is 30.3 Å². The molecule has 5 nitrogen and oxygen atoms in total. The topological polar surface area (TPSA) is 60.1 Å². The molecule has 0 saturated carbocycles. The molecule has 0 aliphatic heterocycles. The molecule has 4 aromatic rings. The third-order valence-electron chi connectivity index (χ3n) is 4.01. The van der Waals surface area contributed by atoms with Gasteiger partial charge >= 0.3 is 0 Å². The summed E-state index contributed by atoms with van der Waals surface area (Å²) in [6, 6.07) is 19.4. The second-order valence-electron chi connectivity index (χ2n) is 5.82. The Morgan fingerprint density at radius 3 is 2.68 bits per heavy atom. The van der Waals surface area contributed by atoms with E-state index in [1.165, 1.54) is 0 Å². The molecule has 25 heavy (non-hydrogen) atoms. The van der Waals surface area contributed by atoms with Crippen LogP contribution < -0.4 is 5.32 Å². The van der Waals surface area contributed by atoms with Crippen LogP contribution in [0.2, 0.25) is 0 Å². The fraction of sp³-hybridized carbons (Fsp3) is 0.100. The van der Waals surface area contributed by atoms with Crippen molar-refractivity contribution in [1.29, 1.82) is 0 Å². The summed E-state index contributed by atoms with van der Waals surface area (Å²) < 4.78 is 7.48. The van der Waals surface area contributed by atoms with E-state index in [4.69, 9.17) is 4.42 Å². The Bertz CT molecular complexity index is 952. The minimum absolute atomic E-state index is 0.0349. The number of aromatic nitrogens is 2. The number of para-hydroxylation sites is 1. The van der Waals surface area contributed by atoms with E-state index < -0.39 is 0 Å². The number of furan rings is 1. The van der Waals surface area contributed by atoms with Crippen LogP contribution >= 0.6 is 0 Å². The predicted octanol–water partition coefficient (Wildman–Crippen LogP) is 3.48. The smallest absolute Gasteiger partial charge is 0.224 e. The lowest BCUT2D eigenvalue weighted by Gasteiger charge is -2.05. The molecule has 5 heteroatoms. The van der Waals surface area contributed by atoms with Crippen LogP contribution in [0.1, 0.15) is 11.3 Å². The van der Waals surface area contributed by atoms with Gasteiger partial charge in [-0.15, -0.1) is 0 Å². The summed E-state index contributed by atoms with van der Waals surface area (Å²) in [5.74, 6) is 0.718. The van der Waals surface area contributed by atoms with Gasteiger partial charge in [0.15, 0.2) is 0 Å². The van der Waals surface area contributed by atoms with E-state index in [-0.39, 0.29) is 5.91 Å². The minimum Gasteiger partial charge on any atom is -0.459 e. The lowest BCUT2D eigenvalue weighted by Crippen LogP contribution is -2.24. The highest BCUT2D eigenvalue weighted by atomic mass is 16.3. The van der Waals surface area contributed by atoms with E-state index in [1.807, 2.05) is 66.9 Å². The van der Waals surface area contributed by atoms with E-state index in [0.29, 0.717) is 13.0 Å². The Morgan fingerprint density at radius 1 is 1.08 bits per heavy atom. The van der Waals surface area contributed by atoms with Crippen molar-refractivity contribution in [2.75, 3.05) is 0 Å². The molecule has 124 valence electrons. The van der Waals surface area contributed by atoms with Gasteiger partial charge in [-0.05, 0) is 35.9 Å². The first-order valence-corrected chi connectivity index (χ1v) is 8.11. The largest absolute Gasteiger partial charge is 0.459 e. The second kappa shape index (κ2) is 6.65. The zero-order valence-corrected chi connectivity index (χ0v) is 13.6. The van der Waals surface area contributed by atoms with Crippen LogP contribution in [0.4, 0.5) is 0 Å². The Hall–Kier alpha value is -3.34. The third-order valence-corrected chi connectivity index (χ3v) is 4.01. The number of nitrogens with one attached hydrogen (secondary N) is 1. The highest BCUT2D eigenvalue weighted by Gasteiger charge is 2.07. The molecule has 0 radical (unpaired) electrons. The number of rotatable bonds is 5. The summed E-state index contributed by atoms with van der Waals surface area (Å²) in [7, 11) is 0. The maximum absolute atomic E-state index is 12.1.